The van der Waals surface area contributed by atoms with Crippen LogP contribution in [0.15, 0.2) is 89.8 Å². The molecule has 4 heteroatoms. The molecule has 0 N–H and O–H groups in total. The van der Waals surface area contributed by atoms with E-state index in [1.807, 2.05) is 72.5 Å². The minimum absolute atomic E-state index is 0.133. The van der Waals surface area contributed by atoms with Gasteiger partial charge in [-0.25, -0.2) is 0 Å². The van der Waals surface area contributed by atoms with Crippen LogP contribution in [-0.4, -0.2) is 23.2 Å². The number of thioether (sulfide) groups is 1. The molecule has 0 fully saturated rings. The summed E-state index contributed by atoms with van der Waals surface area (Å²) in [6.45, 7) is 3.17. The summed E-state index contributed by atoms with van der Waals surface area (Å²) >= 11 is 1.57. The quantitative estimate of drug-likeness (QED) is 0.481. The molecule has 3 aromatic rings. The van der Waals surface area contributed by atoms with Gasteiger partial charge < -0.3 is 9.64 Å². The maximum absolute atomic E-state index is 13.3. The Morgan fingerprint density at radius 3 is 1.82 bits per heavy atom. The molecular weight excluding hydrogens is 366 g/mol. The normalized spacial score (nSPS) is 11.6. The van der Waals surface area contributed by atoms with E-state index in [2.05, 4.69) is 24.3 Å². The second-order valence-electron chi connectivity index (χ2n) is 6.60. The predicted molar refractivity (Wildman–Crippen MR) is 115 cm³/mol. The summed E-state index contributed by atoms with van der Waals surface area (Å²) in [5, 5.41) is -0.180. The summed E-state index contributed by atoms with van der Waals surface area (Å²) < 4.78 is 5.21. The number of nitrogens with zero attached hydrogens (tertiary/aromatic N) is 1. The number of carbonyl (C=O) groups excluding carboxylic acids is 1. The Hall–Kier alpha value is -2.72. The predicted octanol–water partition coefficient (Wildman–Crippen LogP) is 5.40. The average molecular weight is 392 g/mol. The molecule has 0 aliphatic heterocycles. The standard InChI is InChI=1S/C24H25NO2S/c1-19(28-23-15-13-22(27-2)14-16-23)24(26)25(17-20-9-5-3-6-10-20)18-21-11-7-4-8-12-21/h3-16,19H,17-18H2,1-2H3/t19-/m1/s1. The highest BCUT2D eigenvalue weighted by Crippen LogP contribution is 2.27. The fraction of sp³-hybridized carbons (Fsp3) is 0.208. The molecule has 3 rings (SSSR count). The van der Waals surface area contributed by atoms with Crippen molar-refractivity contribution in [2.75, 3.05) is 7.11 Å². The number of rotatable bonds is 8. The van der Waals surface area contributed by atoms with E-state index in [1.165, 1.54) is 0 Å². The van der Waals surface area contributed by atoms with Crippen LogP contribution in [0.25, 0.3) is 0 Å². The van der Waals surface area contributed by atoms with Gasteiger partial charge in [0.2, 0.25) is 5.91 Å². The van der Waals surface area contributed by atoms with Crippen molar-refractivity contribution in [1.29, 1.82) is 0 Å². The van der Waals surface area contributed by atoms with Gasteiger partial charge in [0.25, 0.3) is 0 Å². The number of methoxy groups -OCH3 is 1. The van der Waals surface area contributed by atoms with Crippen LogP contribution in [0.4, 0.5) is 0 Å². The summed E-state index contributed by atoms with van der Waals surface area (Å²) in [4.78, 5) is 16.3. The van der Waals surface area contributed by atoms with E-state index in [0.29, 0.717) is 13.1 Å². The molecule has 1 atom stereocenters. The lowest BCUT2D eigenvalue weighted by atomic mass is 10.1. The average Bonchev–Trinajstić information content (AvgIpc) is 2.75. The van der Waals surface area contributed by atoms with Crippen LogP contribution in [-0.2, 0) is 17.9 Å². The molecule has 28 heavy (non-hydrogen) atoms. The molecule has 0 saturated heterocycles. The third kappa shape index (κ3) is 5.64. The van der Waals surface area contributed by atoms with Crippen molar-refractivity contribution >= 4 is 17.7 Å². The molecule has 0 aromatic heterocycles. The number of benzene rings is 3. The third-order valence-corrected chi connectivity index (χ3v) is 5.56. The summed E-state index contributed by atoms with van der Waals surface area (Å²) in [7, 11) is 1.65. The summed E-state index contributed by atoms with van der Waals surface area (Å²) in [6.07, 6.45) is 0. The van der Waals surface area contributed by atoms with Gasteiger partial charge in [-0.2, -0.15) is 0 Å². The van der Waals surface area contributed by atoms with Crippen LogP contribution >= 0.6 is 11.8 Å². The number of ether oxygens (including phenoxy) is 1. The first-order valence-corrected chi connectivity index (χ1v) is 10.2. The van der Waals surface area contributed by atoms with E-state index in [4.69, 9.17) is 4.74 Å². The summed E-state index contributed by atoms with van der Waals surface area (Å²) in [5.74, 6) is 0.951. The summed E-state index contributed by atoms with van der Waals surface area (Å²) in [5.41, 5.74) is 2.27. The monoisotopic (exact) mass is 391 g/mol. The van der Waals surface area contributed by atoms with Crippen molar-refractivity contribution in [2.45, 2.75) is 30.2 Å². The molecule has 0 aliphatic rings. The third-order valence-electron chi connectivity index (χ3n) is 4.46. The maximum atomic E-state index is 13.3. The molecule has 0 spiro atoms. The van der Waals surface area contributed by atoms with E-state index in [-0.39, 0.29) is 11.2 Å². The van der Waals surface area contributed by atoms with Crippen molar-refractivity contribution in [1.82, 2.24) is 4.90 Å². The lowest BCUT2D eigenvalue weighted by molar-refractivity contribution is -0.131. The SMILES string of the molecule is COc1ccc(S[C@H](C)C(=O)N(Cc2ccccc2)Cc2ccccc2)cc1. The molecule has 0 bridgehead atoms. The molecule has 144 valence electrons. The van der Waals surface area contributed by atoms with Gasteiger partial charge in [0.1, 0.15) is 5.75 Å². The smallest absolute Gasteiger partial charge is 0.236 e. The lowest BCUT2D eigenvalue weighted by Gasteiger charge is -2.26. The molecule has 0 heterocycles. The number of amides is 1. The van der Waals surface area contributed by atoms with Gasteiger partial charge in [0.05, 0.1) is 12.4 Å². The Morgan fingerprint density at radius 2 is 1.36 bits per heavy atom. The topological polar surface area (TPSA) is 29.5 Å². The Bertz CT molecular complexity index is 825. The first-order valence-electron chi connectivity index (χ1n) is 9.33. The van der Waals surface area contributed by atoms with Crippen molar-refractivity contribution < 1.29 is 9.53 Å². The van der Waals surface area contributed by atoms with Crippen molar-refractivity contribution in [2.24, 2.45) is 0 Å². The highest BCUT2D eigenvalue weighted by atomic mass is 32.2. The fourth-order valence-corrected chi connectivity index (χ4v) is 3.94. The molecule has 0 unspecified atom stereocenters. The van der Waals surface area contributed by atoms with Gasteiger partial charge in [0, 0.05) is 18.0 Å². The molecule has 0 aliphatic carbocycles. The van der Waals surface area contributed by atoms with Crippen LogP contribution in [0, 0.1) is 0 Å². The fourth-order valence-electron chi connectivity index (χ4n) is 2.99. The van der Waals surface area contributed by atoms with E-state index < -0.39 is 0 Å². The number of carbonyl (C=O) groups is 1. The zero-order chi connectivity index (χ0) is 19.8. The number of hydrogen-bond acceptors (Lipinski definition) is 3. The lowest BCUT2D eigenvalue weighted by Crippen LogP contribution is -2.35. The largest absolute Gasteiger partial charge is 0.497 e. The Kier molecular flexibility index (Phi) is 7.15. The minimum atomic E-state index is -0.180. The van der Waals surface area contributed by atoms with Gasteiger partial charge in [-0.15, -0.1) is 11.8 Å². The zero-order valence-corrected chi connectivity index (χ0v) is 17.1. The van der Waals surface area contributed by atoms with E-state index in [9.17, 15) is 4.79 Å². The van der Waals surface area contributed by atoms with Crippen LogP contribution in [0.5, 0.6) is 5.75 Å². The van der Waals surface area contributed by atoms with E-state index in [0.717, 1.165) is 21.8 Å². The van der Waals surface area contributed by atoms with E-state index in [1.54, 1.807) is 18.9 Å². The Labute approximate surface area is 171 Å². The van der Waals surface area contributed by atoms with Crippen LogP contribution in [0.1, 0.15) is 18.1 Å². The molecular formula is C24H25NO2S. The second-order valence-corrected chi connectivity index (χ2v) is 8.02. The first kappa shape index (κ1) is 20.0. The minimum Gasteiger partial charge on any atom is -0.497 e. The van der Waals surface area contributed by atoms with Crippen molar-refractivity contribution in [3.63, 3.8) is 0 Å². The summed E-state index contributed by atoms with van der Waals surface area (Å²) in [6, 6.07) is 28.1. The van der Waals surface area contributed by atoms with Crippen molar-refractivity contribution in [3.8, 4) is 5.75 Å². The highest BCUT2D eigenvalue weighted by Gasteiger charge is 2.22. The second kappa shape index (κ2) is 10.00. The molecule has 0 radical (unpaired) electrons. The maximum Gasteiger partial charge on any atom is 0.236 e. The Balaban J connectivity index is 1.73. The molecule has 1 amide bonds. The van der Waals surface area contributed by atoms with Gasteiger partial charge in [-0.1, -0.05) is 60.7 Å². The zero-order valence-electron chi connectivity index (χ0n) is 16.2. The van der Waals surface area contributed by atoms with Crippen molar-refractivity contribution in [3.05, 3.63) is 96.1 Å². The molecule has 3 aromatic carbocycles. The first-order chi connectivity index (χ1) is 13.7. The van der Waals surface area contributed by atoms with Crippen LogP contribution < -0.4 is 4.74 Å². The molecule has 0 saturated carbocycles. The van der Waals surface area contributed by atoms with Gasteiger partial charge in [-0.05, 0) is 42.3 Å². The van der Waals surface area contributed by atoms with Gasteiger partial charge in [0.15, 0.2) is 0 Å². The van der Waals surface area contributed by atoms with Crippen LogP contribution in [0.3, 0.4) is 0 Å². The van der Waals surface area contributed by atoms with Gasteiger partial charge >= 0.3 is 0 Å². The highest BCUT2D eigenvalue weighted by molar-refractivity contribution is 8.00. The number of hydrogen-bond donors (Lipinski definition) is 0. The van der Waals surface area contributed by atoms with Crippen LogP contribution in [0.2, 0.25) is 0 Å². The molecule has 3 nitrogen and oxygen atoms in total. The Morgan fingerprint density at radius 1 is 0.857 bits per heavy atom. The van der Waals surface area contributed by atoms with E-state index >= 15 is 0 Å². The van der Waals surface area contributed by atoms with Gasteiger partial charge in [-0.3, -0.25) is 4.79 Å².